The van der Waals surface area contributed by atoms with Gasteiger partial charge in [-0.1, -0.05) is 50.8 Å². The summed E-state index contributed by atoms with van der Waals surface area (Å²) in [5.41, 5.74) is 1.11. The Morgan fingerprint density at radius 1 is 1.18 bits per heavy atom. The third-order valence-electron chi connectivity index (χ3n) is 6.48. The van der Waals surface area contributed by atoms with Crippen LogP contribution in [0.25, 0.3) is 0 Å². The number of hydrogen-bond acceptors (Lipinski definition) is 6. The zero-order valence-corrected chi connectivity index (χ0v) is 19.5. The Hall–Kier alpha value is -2.67. The second-order valence-corrected chi connectivity index (χ2v) is 8.98. The SMILES string of the molecule is C=CC(=O)OCC1CCC(OC(=O)C(CC(C)C(=O)O)CC(CC)c2ccccc2)C(O)C1. The van der Waals surface area contributed by atoms with Crippen LogP contribution in [0.2, 0.25) is 0 Å². The fraction of sp³-hybridized carbons (Fsp3) is 0.577. The van der Waals surface area contributed by atoms with Gasteiger partial charge in [-0.25, -0.2) is 4.79 Å². The van der Waals surface area contributed by atoms with Crippen molar-refractivity contribution in [1.29, 1.82) is 0 Å². The average Bonchev–Trinajstić information content (AvgIpc) is 2.81. The normalized spacial score (nSPS) is 23.1. The van der Waals surface area contributed by atoms with Crippen molar-refractivity contribution in [2.75, 3.05) is 6.61 Å². The molecule has 1 fully saturated rings. The summed E-state index contributed by atoms with van der Waals surface area (Å²) in [6.07, 6.45) is 2.54. The van der Waals surface area contributed by atoms with E-state index in [1.165, 1.54) is 0 Å². The third kappa shape index (κ3) is 8.31. The van der Waals surface area contributed by atoms with Gasteiger partial charge in [-0.05, 0) is 55.9 Å². The molecule has 7 heteroatoms. The van der Waals surface area contributed by atoms with E-state index >= 15 is 0 Å². The van der Waals surface area contributed by atoms with Gasteiger partial charge in [0.15, 0.2) is 0 Å². The van der Waals surface area contributed by atoms with Crippen LogP contribution in [0.5, 0.6) is 0 Å². The summed E-state index contributed by atoms with van der Waals surface area (Å²) in [5, 5.41) is 19.9. The molecule has 0 amide bonds. The lowest BCUT2D eigenvalue weighted by atomic mass is 9.82. The number of carboxylic acid groups (broad SMARTS) is 1. The number of aliphatic hydroxyl groups is 1. The van der Waals surface area contributed by atoms with Gasteiger partial charge in [-0.3, -0.25) is 9.59 Å². The van der Waals surface area contributed by atoms with Crippen LogP contribution >= 0.6 is 0 Å². The summed E-state index contributed by atoms with van der Waals surface area (Å²) >= 11 is 0. The van der Waals surface area contributed by atoms with E-state index in [0.29, 0.717) is 25.7 Å². The molecule has 1 aliphatic rings. The Kier molecular flexibility index (Phi) is 10.6. The Labute approximate surface area is 195 Å². The molecule has 7 nitrogen and oxygen atoms in total. The molecule has 1 aromatic carbocycles. The van der Waals surface area contributed by atoms with Gasteiger partial charge in [0.05, 0.1) is 24.5 Å². The molecular weight excluding hydrogens is 424 g/mol. The summed E-state index contributed by atoms with van der Waals surface area (Å²) in [6, 6.07) is 9.87. The third-order valence-corrected chi connectivity index (χ3v) is 6.48. The molecule has 0 saturated heterocycles. The number of aliphatic hydroxyl groups excluding tert-OH is 1. The molecule has 2 rings (SSSR count). The first-order valence-corrected chi connectivity index (χ1v) is 11.7. The number of carbonyl (C=O) groups excluding carboxylic acids is 2. The van der Waals surface area contributed by atoms with Gasteiger partial charge in [0.2, 0.25) is 0 Å². The summed E-state index contributed by atoms with van der Waals surface area (Å²) in [5.74, 6) is -3.09. The van der Waals surface area contributed by atoms with E-state index in [1.54, 1.807) is 6.92 Å². The summed E-state index contributed by atoms with van der Waals surface area (Å²) in [4.78, 5) is 35.8. The highest BCUT2D eigenvalue weighted by Crippen LogP contribution is 2.33. The number of rotatable bonds is 12. The zero-order chi connectivity index (χ0) is 24.4. The van der Waals surface area contributed by atoms with Crippen molar-refractivity contribution in [3.63, 3.8) is 0 Å². The maximum atomic E-state index is 13.1. The van der Waals surface area contributed by atoms with Crippen molar-refractivity contribution in [2.45, 2.75) is 70.5 Å². The maximum Gasteiger partial charge on any atom is 0.330 e. The van der Waals surface area contributed by atoms with E-state index in [4.69, 9.17) is 9.47 Å². The van der Waals surface area contributed by atoms with Gasteiger partial charge >= 0.3 is 17.9 Å². The van der Waals surface area contributed by atoms with Crippen LogP contribution in [0.3, 0.4) is 0 Å². The predicted molar refractivity (Wildman–Crippen MR) is 123 cm³/mol. The van der Waals surface area contributed by atoms with Gasteiger partial charge in [0.1, 0.15) is 6.10 Å². The Balaban J connectivity index is 2.03. The Morgan fingerprint density at radius 3 is 2.45 bits per heavy atom. The largest absolute Gasteiger partial charge is 0.481 e. The van der Waals surface area contributed by atoms with Crippen LogP contribution in [0.4, 0.5) is 0 Å². The van der Waals surface area contributed by atoms with Crippen molar-refractivity contribution in [2.24, 2.45) is 17.8 Å². The molecule has 1 aliphatic carbocycles. The number of aliphatic carboxylic acids is 1. The van der Waals surface area contributed by atoms with Crippen LogP contribution in [0.1, 0.15) is 63.9 Å². The van der Waals surface area contributed by atoms with E-state index in [0.717, 1.165) is 18.1 Å². The topological polar surface area (TPSA) is 110 Å². The lowest BCUT2D eigenvalue weighted by Gasteiger charge is -2.33. The van der Waals surface area contributed by atoms with Gasteiger partial charge in [-0.2, -0.15) is 0 Å². The monoisotopic (exact) mass is 460 g/mol. The van der Waals surface area contributed by atoms with Crippen LogP contribution in [0.15, 0.2) is 43.0 Å². The highest BCUT2D eigenvalue weighted by Gasteiger charge is 2.35. The zero-order valence-electron chi connectivity index (χ0n) is 19.5. The van der Waals surface area contributed by atoms with Crippen LogP contribution in [-0.2, 0) is 23.9 Å². The molecule has 6 atom stereocenters. The predicted octanol–water partition coefficient (Wildman–Crippen LogP) is 4.10. The molecule has 0 aliphatic heterocycles. The van der Waals surface area contributed by atoms with E-state index in [1.807, 2.05) is 37.3 Å². The second kappa shape index (κ2) is 13.1. The minimum absolute atomic E-state index is 0.00997. The fourth-order valence-corrected chi connectivity index (χ4v) is 4.42. The van der Waals surface area contributed by atoms with Gasteiger partial charge < -0.3 is 19.7 Å². The first kappa shape index (κ1) is 26.6. The molecule has 33 heavy (non-hydrogen) atoms. The molecule has 182 valence electrons. The molecule has 0 aromatic heterocycles. The molecule has 1 saturated carbocycles. The second-order valence-electron chi connectivity index (χ2n) is 8.98. The van der Waals surface area contributed by atoms with Crippen LogP contribution in [0, 0.1) is 17.8 Å². The van der Waals surface area contributed by atoms with E-state index in [9.17, 15) is 24.6 Å². The van der Waals surface area contributed by atoms with Crippen molar-refractivity contribution in [3.05, 3.63) is 48.6 Å². The minimum Gasteiger partial charge on any atom is -0.481 e. The van der Waals surface area contributed by atoms with Crippen LogP contribution in [-0.4, -0.2) is 46.9 Å². The number of esters is 2. The number of ether oxygens (including phenoxy) is 2. The smallest absolute Gasteiger partial charge is 0.330 e. The molecular formula is C26H36O7. The molecule has 0 spiro atoms. The summed E-state index contributed by atoms with van der Waals surface area (Å²) in [6.45, 7) is 7.19. The molecule has 1 aromatic rings. The van der Waals surface area contributed by atoms with E-state index in [-0.39, 0.29) is 24.9 Å². The van der Waals surface area contributed by atoms with Gasteiger partial charge in [0, 0.05) is 6.08 Å². The number of benzene rings is 1. The van der Waals surface area contributed by atoms with Gasteiger partial charge in [0.25, 0.3) is 0 Å². The molecule has 0 bridgehead atoms. The van der Waals surface area contributed by atoms with Crippen molar-refractivity contribution in [3.8, 4) is 0 Å². The first-order valence-electron chi connectivity index (χ1n) is 11.7. The highest BCUT2D eigenvalue weighted by atomic mass is 16.6. The average molecular weight is 461 g/mol. The van der Waals surface area contributed by atoms with Crippen molar-refractivity contribution < 1.29 is 34.1 Å². The minimum atomic E-state index is -0.949. The number of hydrogen-bond donors (Lipinski definition) is 2. The number of carbonyl (C=O) groups is 3. The highest BCUT2D eigenvalue weighted by molar-refractivity contribution is 5.81. The lowest BCUT2D eigenvalue weighted by molar-refractivity contribution is -0.166. The fourth-order valence-electron chi connectivity index (χ4n) is 4.42. The molecule has 0 radical (unpaired) electrons. The Bertz CT molecular complexity index is 791. The van der Waals surface area contributed by atoms with Crippen molar-refractivity contribution >= 4 is 17.9 Å². The van der Waals surface area contributed by atoms with Crippen molar-refractivity contribution in [1.82, 2.24) is 0 Å². The maximum absolute atomic E-state index is 13.1. The lowest BCUT2D eigenvalue weighted by Crippen LogP contribution is -2.40. The molecule has 0 heterocycles. The van der Waals surface area contributed by atoms with Crippen LogP contribution < -0.4 is 0 Å². The summed E-state index contributed by atoms with van der Waals surface area (Å²) < 4.78 is 10.8. The number of carboxylic acids is 1. The quantitative estimate of drug-likeness (QED) is 0.357. The van der Waals surface area contributed by atoms with E-state index in [2.05, 4.69) is 6.58 Å². The standard InChI is InChI=1S/C26H36O7/c1-4-19(20-9-7-6-8-10-20)15-21(13-17(3)25(29)30)26(31)33-23-12-11-18(14-22(23)27)16-32-24(28)5-2/h5-10,17-19,21-23,27H,2,4,11-16H2,1,3H3,(H,29,30). The summed E-state index contributed by atoms with van der Waals surface area (Å²) in [7, 11) is 0. The Morgan fingerprint density at radius 2 is 1.88 bits per heavy atom. The van der Waals surface area contributed by atoms with E-state index < -0.39 is 42.0 Å². The molecule has 6 unspecified atom stereocenters. The van der Waals surface area contributed by atoms with Gasteiger partial charge in [-0.15, -0.1) is 0 Å². The molecule has 2 N–H and O–H groups in total. The first-order chi connectivity index (χ1) is 15.7.